The van der Waals surface area contributed by atoms with Crippen molar-refractivity contribution in [2.45, 2.75) is 50.7 Å². The average molecular weight is 347 g/mol. The normalized spacial score (nSPS) is 34.2. The third kappa shape index (κ3) is 4.72. The van der Waals surface area contributed by atoms with Gasteiger partial charge in [-0.2, -0.15) is 0 Å². The van der Waals surface area contributed by atoms with Gasteiger partial charge in [0, 0.05) is 44.3 Å². The van der Waals surface area contributed by atoms with Crippen LogP contribution in [0, 0.1) is 5.92 Å². The zero-order chi connectivity index (χ0) is 15.4. The van der Waals surface area contributed by atoms with Crippen molar-refractivity contribution in [1.82, 2.24) is 20.9 Å². The van der Waals surface area contributed by atoms with Crippen LogP contribution in [-0.2, 0) is 4.74 Å². The van der Waals surface area contributed by atoms with E-state index in [0.29, 0.717) is 30.6 Å². The molecule has 0 aromatic rings. The van der Waals surface area contributed by atoms with E-state index in [1.165, 1.54) is 19.3 Å². The molecule has 2 aliphatic heterocycles. The van der Waals surface area contributed by atoms with Crippen molar-refractivity contribution in [3.8, 4) is 0 Å². The average Bonchev–Trinajstić information content (AvgIpc) is 3.18. The molecule has 4 atom stereocenters. The highest BCUT2D eigenvalue weighted by molar-refractivity contribution is 5.85. The van der Waals surface area contributed by atoms with Crippen LogP contribution in [0.3, 0.4) is 0 Å². The van der Waals surface area contributed by atoms with Crippen LogP contribution in [0.5, 0.6) is 0 Å². The standard InChI is InChI=1S/C16H30N4O2.ClH/c1-2-17-16(21)20-8-6-12(10-20)19-14-5-3-4-13(14)15-11-22-9-7-18-15;/h12-15,18-19H,2-11H2,1H3,(H,17,21);1H. The predicted molar refractivity (Wildman–Crippen MR) is 93.2 cm³/mol. The number of carbonyl (C=O) groups is 1. The van der Waals surface area contributed by atoms with E-state index in [1.807, 2.05) is 11.8 Å². The van der Waals surface area contributed by atoms with Crippen LogP contribution >= 0.6 is 12.4 Å². The molecule has 3 rings (SSSR count). The maximum Gasteiger partial charge on any atom is 0.317 e. The number of nitrogens with zero attached hydrogens (tertiary/aromatic N) is 1. The van der Waals surface area contributed by atoms with Gasteiger partial charge in [0.2, 0.25) is 0 Å². The lowest BCUT2D eigenvalue weighted by atomic mass is 9.93. The molecular weight excluding hydrogens is 316 g/mol. The van der Waals surface area contributed by atoms with Crippen LogP contribution in [0.2, 0.25) is 0 Å². The zero-order valence-electron chi connectivity index (χ0n) is 14.1. The number of nitrogens with one attached hydrogen (secondary N) is 3. The van der Waals surface area contributed by atoms with Crippen LogP contribution in [0.1, 0.15) is 32.6 Å². The molecule has 0 spiro atoms. The molecule has 23 heavy (non-hydrogen) atoms. The maximum atomic E-state index is 11.9. The van der Waals surface area contributed by atoms with Gasteiger partial charge < -0.3 is 25.6 Å². The maximum absolute atomic E-state index is 11.9. The summed E-state index contributed by atoms with van der Waals surface area (Å²) in [4.78, 5) is 13.8. The van der Waals surface area contributed by atoms with Crippen LogP contribution in [0.4, 0.5) is 4.79 Å². The quantitative estimate of drug-likeness (QED) is 0.709. The first kappa shape index (κ1) is 18.8. The lowest BCUT2D eigenvalue weighted by molar-refractivity contribution is 0.0518. The molecule has 134 valence electrons. The van der Waals surface area contributed by atoms with E-state index in [2.05, 4.69) is 16.0 Å². The van der Waals surface area contributed by atoms with Crippen molar-refractivity contribution >= 4 is 18.4 Å². The number of hydrogen-bond acceptors (Lipinski definition) is 4. The topological polar surface area (TPSA) is 65.6 Å². The Morgan fingerprint density at radius 3 is 2.96 bits per heavy atom. The van der Waals surface area contributed by atoms with Crippen molar-refractivity contribution in [2.24, 2.45) is 5.92 Å². The summed E-state index contributed by atoms with van der Waals surface area (Å²) in [7, 11) is 0. The Morgan fingerprint density at radius 2 is 2.22 bits per heavy atom. The highest BCUT2D eigenvalue weighted by Gasteiger charge is 2.37. The van der Waals surface area contributed by atoms with E-state index in [0.717, 1.165) is 39.3 Å². The molecule has 0 aromatic heterocycles. The Balaban J connectivity index is 0.00000192. The van der Waals surface area contributed by atoms with Gasteiger partial charge in [-0.3, -0.25) is 0 Å². The summed E-state index contributed by atoms with van der Waals surface area (Å²) in [5.41, 5.74) is 0. The monoisotopic (exact) mass is 346 g/mol. The molecule has 2 saturated heterocycles. The molecule has 0 bridgehead atoms. The third-order valence-electron chi connectivity index (χ3n) is 5.29. The van der Waals surface area contributed by atoms with Gasteiger partial charge in [0.15, 0.2) is 0 Å². The van der Waals surface area contributed by atoms with Gasteiger partial charge in [-0.15, -0.1) is 12.4 Å². The Morgan fingerprint density at radius 1 is 1.35 bits per heavy atom. The summed E-state index contributed by atoms with van der Waals surface area (Å²) in [6.45, 7) is 7.03. The number of halogens is 1. The number of hydrogen-bond donors (Lipinski definition) is 3. The van der Waals surface area contributed by atoms with Crippen molar-refractivity contribution in [1.29, 1.82) is 0 Å². The molecular formula is C16H31ClN4O2. The number of amides is 2. The summed E-state index contributed by atoms with van der Waals surface area (Å²) in [5, 5.41) is 10.3. The van der Waals surface area contributed by atoms with Gasteiger partial charge in [-0.05, 0) is 32.1 Å². The molecule has 4 unspecified atom stereocenters. The molecule has 6 nitrogen and oxygen atoms in total. The molecule has 2 heterocycles. The summed E-state index contributed by atoms with van der Waals surface area (Å²) in [6.07, 6.45) is 4.90. The Labute approximate surface area is 145 Å². The van der Waals surface area contributed by atoms with Crippen molar-refractivity contribution in [3.05, 3.63) is 0 Å². The molecule has 3 N–H and O–H groups in total. The van der Waals surface area contributed by atoms with Gasteiger partial charge in [-0.25, -0.2) is 4.79 Å². The first-order valence-corrected chi connectivity index (χ1v) is 8.88. The molecule has 2 amide bonds. The number of ether oxygens (including phenoxy) is 1. The van der Waals surface area contributed by atoms with Crippen molar-refractivity contribution in [2.75, 3.05) is 39.4 Å². The summed E-state index contributed by atoms with van der Waals surface area (Å²) >= 11 is 0. The fraction of sp³-hybridized carbons (Fsp3) is 0.938. The second-order valence-corrected chi connectivity index (χ2v) is 6.77. The van der Waals surface area contributed by atoms with E-state index in [-0.39, 0.29) is 18.4 Å². The molecule has 7 heteroatoms. The first-order chi connectivity index (χ1) is 10.8. The summed E-state index contributed by atoms with van der Waals surface area (Å²) in [6, 6.07) is 1.59. The highest BCUT2D eigenvalue weighted by atomic mass is 35.5. The molecule has 0 aromatic carbocycles. The van der Waals surface area contributed by atoms with Gasteiger partial charge in [-0.1, -0.05) is 6.42 Å². The van der Waals surface area contributed by atoms with Gasteiger partial charge in [0.1, 0.15) is 0 Å². The minimum absolute atomic E-state index is 0. The van der Waals surface area contributed by atoms with Gasteiger partial charge in [0.25, 0.3) is 0 Å². The molecule has 0 radical (unpaired) electrons. The molecule has 3 aliphatic rings. The Kier molecular flexibility index (Phi) is 7.40. The largest absolute Gasteiger partial charge is 0.379 e. The van der Waals surface area contributed by atoms with Crippen molar-refractivity contribution < 1.29 is 9.53 Å². The molecule has 1 aliphatic carbocycles. The number of rotatable bonds is 4. The van der Waals surface area contributed by atoms with E-state index in [9.17, 15) is 4.79 Å². The van der Waals surface area contributed by atoms with E-state index < -0.39 is 0 Å². The van der Waals surface area contributed by atoms with Crippen LogP contribution in [-0.4, -0.2) is 68.4 Å². The third-order valence-corrected chi connectivity index (χ3v) is 5.29. The number of urea groups is 1. The Hall–Kier alpha value is -0.560. The van der Waals surface area contributed by atoms with Gasteiger partial charge in [0.05, 0.1) is 13.2 Å². The first-order valence-electron chi connectivity index (χ1n) is 8.88. The SMILES string of the molecule is CCNC(=O)N1CCC(NC2CCCC2C2COCCN2)C1.Cl. The van der Waals surface area contributed by atoms with E-state index in [1.54, 1.807) is 0 Å². The van der Waals surface area contributed by atoms with Crippen LogP contribution in [0.15, 0.2) is 0 Å². The lowest BCUT2D eigenvalue weighted by Gasteiger charge is -2.34. The highest BCUT2D eigenvalue weighted by Crippen LogP contribution is 2.30. The Bertz CT molecular complexity index is 379. The second kappa shape index (κ2) is 9.06. The second-order valence-electron chi connectivity index (χ2n) is 6.77. The number of carbonyl (C=O) groups excluding carboxylic acids is 1. The summed E-state index contributed by atoms with van der Waals surface area (Å²) < 4.78 is 5.64. The van der Waals surface area contributed by atoms with E-state index in [4.69, 9.17) is 4.74 Å². The van der Waals surface area contributed by atoms with Crippen molar-refractivity contribution in [3.63, 3.8) is 0 Å². The number of likely N-dealkylation sites (tertiary alicyclic amines) is 1. The molecule has 1 saturated carbocycles. The molecule has 3 fully saturated rings. The smallest absolute Gasteiger partial charge is 0.317 e. The zero-order valence-corrected chi connectivity index (χ0v) is 14.9. The van der Waals surface area contributed by atoms with E-state index >= 15 is 0 Å². The minimum atomic E-state index is 0. The fourth-order valence-electron chi connectivity index (χ4n) is 4.18. The van der Waals surface area contributed by atoms with Crippen LogP contribution < -0.4 is 16.0 Å². The van der Waals surface area contributed by atoms with Crippen LogP contribution in [0.25, 0.3) is 0 Å². The fourth-order valence-corrected chi connectivity index (χ4v) is 4.18. The lowest BCUT2D eigenvalue weighted by Crippen LogP contribution is -2.53. The van der Waals surface area contributed by atoms with Gasteiger partial charge >= 0.3 is 6.03 Å². The number of morpholine rings is 1. The predicted octanol–water partition coefficient (Wildman–Crippen LogP) is 0.959. The minimum Gasteiger partial charge on any atom is -0.379 e. The summed E-state index contributed by atoms with van der Waals surface area (Å²) in [5.74, 6) is 0.666.